The molecule has 2 aliphatic heterocycles. The number of piperidine rings is 1. The SMILES string of the molecule is CCOC(=O)CN1C(=O)C(F)(F)c2cc(NC(=O)NC3CCC(=O)NC3=O)ccc21. The highest BCUT2D eigenvalue weighted by molar-refractivity contribution is 6.09. The lowest BCUT2D eigenvalue weighted by molar-refractivity contribution is -0.146. The summed E-state index contributed by atoms with van der Waals surface area (Å²) in [6.45, 7) is 0.914. The van der Waals surface area contributed by atoms with Gasteiger partial charge in [-0.25, -0.2) is 4.79 Å². The van der Waals surface area contributed by atoms with Crippen LogP contribution in [-0.4, -0.2) is 48.9 Å². The van der Waals surface area contributed by atoms with Crippen molar-refractivity contribution < 1.29 is 37.5 Å². The van der Waals surface area contributed by atoms with Crippen molar-refractivity contribution in [3.05, 3.63) is 23.8 Å². The van der Waals surface area contributed by atoms with Gasteiger partial charge in [0.15, 0.2) is 0 Å². The zero-order chi connectivity index (χ0) is 22.1. The number of halogens is 2. The van der Waals surface area contributed by atoms with E-state index in [1.807, 2.05) is 0 Å². The highest BCUT2D eigenvalue weighted by Gasteiger charge is 2.53. The zero-order valence-corrected chi connectivity index (χ0v) is 15.8. The van der Waals surface area contributed by atoms with Gasteiger partial charge in [0.2, 0.25) is 11.8 Å². The number of nitrogens with zero attached hydrogens (tertiary/aromatic N) is 1. The van der Waals surface area contributed by atoms with Crippen LogP contribution >= 0.6 is 0 Å². The molecule has 0 saturated carbocycles. The van der Waals surface area contributed by atoms with Crippen LogP contribution < -0.4 is 20.9 Å². The molecular weight excluding hydrogens is 406 g/mol. The molecule has 2 heterocycles. The number of nitrogens with one attached hydrogen (secondary N) is 3. The highest BCUT2D eigenvalue weighted by atomic mass is 19.3. The van der Waals surface area contributed by atoms with Crippen molar-refractivity contribution >= 4 is 41.1 Å². The van der Waals surface area contributed by atoms with Gasteiger partial charge in [0, 0.05) is 12.1 Å². The Kier molecular flexibility index (Phi) is 5.67. The van der Waals surface area contributed by atoms with E-state index < -0.39 is 53.8 Å². The minimum absolute atomic E-state index is 0.0370. The molecular formula is C18H18F2N4O6. The van der Waals surface area contributed by atoms with Gasteiger partial charge in [0.05, 0.1) is 17.9 Å². The van der Waals surface area contributed by atoms with Gasteiger partial charge < -0.3 is 15.4 Å². The third kappa shape index (κ3) is 4.07. The number of esters is 1. The van der Waals surface area contributed by atoms with E-state index in [0.29, 0.717) is 4.90 Å². The summed E-state index contributed by atoms with van der Waals surface area (Å²) in [5.41, 5.74) is -0.895. The number of hydrogen-bond acceptors (Lipinski definition) is 6. The van der Waals surface area contributed by atoms with Crippen LogP contribution in [0, 0.1) is 0 Å². The molecule has 1 fully saturated rings. The summed E-state index contributed by atoms with van der Waals surface area (Å²) in [4.78, 5) is 59.3. The molecule has 30 heavy (non-hydrogen) atoms. The molecule has 10 nitrogen and oxygen atoms in total. The Morgan fingerprint density at radius 3 is 2.70 bits per heavy atom. The van der Waals surface area contributed by atoms with E-state index in [1.54, 1.807) is 6.92 Å². The number of anilines is 2. The van der Waals surface area contributed by atoms with E-state index in [-0.39, 0.29) is 30.8 Å². The lowest BCUT2D eigenvalue weighted by Gasteiger charge is -2.22. The standard InChI is InChI=1S/C18H18F2N4O6/c1-2-30-14(26)8-24-12-5-3-9(7-10(12)18(19,20)16(24)28)21-17(29)22-11-4-6-13(25)23-15(11)27/h3,5,7,11H,2,4,6,8H2,1H3,(H2,21,22,29)(H,23,25,27). The molecule has 3 N–H and O–H groups in total. The molecule has 5 amide bonds. The number of carbonyl (C=O) groups excluding carboxylic acids is 5. The van der Waals surface area contributed by atoms with E-state index in [2.05, 4.69) is 16.0 Å². The number of carbonyl (C=O) groups is 5. The van der Waals surface area contributed by atoms with E-state index in [9.17, 15) is 32.8 Å². The van der Waals surface area contributed by atoms with Crippen LogP contribution in [0.3, 0.4) is 0 Å². The number of hydrogen-bond donors (Lipinski definition) is 3. The van der Waals surface area contributed by atoms with Gasteiger partial charge in [0.25, 0.3) is 0 Å². The Morgan fingerprint density at radius 1 is 1.30 bits per heavy atom. The number of amides is 5. The number of ether oxygens (including phenoxy) is 1. The Balaban J connectivity index is 1.73. The quantitative estimate of drug-likeness (QED) is 0.469. The van der Waals surface area contributed by atoms with Gasteiger partial charge in [0.1, 0.15) is 12.6 Å². The lowest BCUT2D eigenvalue weighted by atomic mass is 10.1. The smallest absolute Gasteiger partial charge is 0.352 e. The maximum absolute atomic E-state index is 14.4. The van der Waals surface area contributed by atoms with Gasteiger partial charge in [-0.05, 0) is 31.5 Å². The summed E-state index contributed by atoms with van der Waals surface area (Å²) in [6.07, 6.45) is 0.165. The molecule has 3 rings (SSSR count). The molecule has 1 atom stereocenters. The second-order valence-electron chi connectivity index (χ2n) is 6.60. The minimum Gasteiger partial charge on any atom is -0.465 e. The first-order valence-corrected chi connectivity index (χ1v) is 9.04. The maximum Gasteiger partial charge on any atom is 0.352 e. The summed E-state index contributed by atoms with van der Waals surface area (Å²) in [7, 11) is 0. The Bertz CT molecular complexity index is 935. The van der Waals surface area contributed by atoms with Crippen LogP contribution in [0.2, 0.25) is 0 Å². The predicted molar refractivity (Wildman–Crippen MR) is 97.6 cm³/mol. The third-order valence-electron chi connectivity index (χ3n) is 4.53. The number of alkyl halides is 2. The molecule has 0 radical (unpaired) electrons. The first kappa shape index (κ1) is 21.1. The average molecular weight is 424 g/mol. The first-order chi connectivity index (χ1) is 14.1. The van der Waals surface area contributed by atoms with Gasteiger partial charge in [-0.2, -0.15) is 8.78 Å². The fraction of sp³-hybridized carbons (Fsp3) is 0.389. The van der Waals surface area contributed by atoms with Gasteiger partial charge in [-0.15, -0.1) is 0 Å². The molecule has 1 saturated heterocycles. The number of urea groups is 1. The molecule has 1 aromatic rings. The normalized spacial score (nSPS) is 19.8. The monoisotopic (exact) mass is 424 g/mol. The van der Waals surface area contributed by atoms with Gasteiger partial charge in [-0.1, -0.05) is 0 Å². The predicted octanol–water partition coefficient (Wildman–Crippen LogP) is 0.615. The van der Waals surface area contributed by atoms with E-state index in [0.717, 1.165) is 6.07 Å². The minimum atomic E-state index is -3.89. The average Bonchev–Trinajstić information content (AvgIpc) is 2.85. The van der Waals surface area contributed by atoms with E-state index in [4.69, 9.17) is 4.74 Å². The Morgan fingerprint density at radius 2 is 2.03 bits per heavy atom. The molecule has 0 aromatic heterocycles. The van der Waals surface area contributed by atoms with Gasteiger partial charge in [-0.3, -0.25) is 29.4 Å². The van der Waals surface area contributed by atoms with Crippen LogP contribution in [0.5, 0.6) is 0 Å². The maximum atomic E-state index is 14.4. The third-order valence-corrected chi connectivity index (χ3v) is 4.53. The summed E-state index contributed by atoms with van der Waals surface area (Å²) >= 11 is 0. The molecule has 1 unspecified atom stereocenters. The fourth-order valence-electron chi connectivity index (χ4n) is 3.14. The second kappa shape index (κ2) is 8.05. The zero-order valence-electron chi connectivity index (χ0n) is 15.8. The molecule has 0 aliphatic carbocycles. The first-order valence-electron chi connectivity index (χ1n) is 9.04. The molecule has 0 bridgehead atoms. The highest BCUT2D eigenvalue weighted by Crippen LogP contribution is 2.45. The Hall–Kier alpha value is -3.57. The summed E-state index contributed by atoms with van der Waals surface area (Å²) in [5.74, 6) is -7.41. The van der Waals surface area contributed by atoms with Crippen molar-refractivity contribution in [1.82, 2.24) is 10.6 Å². The van der Waals surface area contributed by atoms with Crippen LogP contribution in [0.4, 0.5) is 25.0 Å². The van der Waals surface area contributed by atoms with Crippen molar-refractivity contribution in [3.8, 4) is 0 Å². The summed E-state index contributed by atoms with van der Waals surface area (Å²) in [6, 6.07) is 1.58. The molecule has 2 aliphatic rings. The van der Waals surface area contributed by atoms with Crippen molar-refractivity contribution in [1.29, 1.82) is 0 Å². The summed E-state index contributed by atoms with van der Waals surface area (Å²) < 4.78 is 33.6. The molecule has 12 heteroatoms. The van der Waals surface area contributed by atoms with Crippen molar-refractivity contribution in [2.75, 3.05) is 23.4 Å². The number of fused-ring (bicyclic) bond motifs is 1. The second-order valence-corrected chi connectivity index (χ2v) is 6.60. The van der Waals surface area contributed by atoms with Crippen molar-refractivity contribution in [3.63, 3.8) is 0 Å². The number of rotatable bonds is 5. The number of benzene rings is 1. The van der Waals surface area contributed by atoms with Crippen LogP contribution in [0.15, 0.2) is 18.2 Å². The fourth-order valence-corrected chi connectivity index (χ4v) is 3.14. The Labute approximate surface area is 168 Å². The molecule has 1 aromatic carbocycles. The summed E-state index contributed by atoms with van der Waals surface area (Å²) in [5, 5.41) is 6.73. The van der Waals surface area contributed by atoms with E-state index >= 15 is 0 Å². The van der Waals surface area contributed by atoms with Crippen LogP contribution in [0.25, 0.3) is 0 Å². The van der Waals surface area contributed by atoms with Crippen LogP contribution in [-0.2, 0) is 29.8 Å². The van der Waals surface area contributed by atoms with Crippen LogP contribution in [0.1, 0.15) is 25.3 Å². The van der Waals surface area contributed by atoms with Crippen molar-refractivity contribution in [2.45, 2.75) is 31.7 Å². The molecule has 0 spiro atoms. The van der Waals surface area contributed by atoms with E-state index in [1.165, 1.54) is 12.1 Å². The number of imide groups is 1. The van der Waals surface area contributed by atoms with Crippen molar-refractivity contribution in [2.24, 2.45) is 0 Å². The lowest BCUT2D eigenvalue weighted by Crippen LogP contribution is -2.53. The molecule has 160 valence electrons. The van der Waals surface area contributed by atoms with Gasteiger partial charge >= 0.3 is 23.8 Å². The largest absolute Gasteiger partial charge is 0.465 e. The topological polar surface area (TPSA) is 134 Å².